The van der Waals surface area contributed by atoms with Gasteiger partial charge in [-0.3, -0.25) is 0 Å². The summed E-state index contributed by atoms with van der Waals surface area (Å²) < 4.78 is 15.8. The summed E-state index contributed by atoms with van der Waals surface area (Å²) >= 11 is 0. The van der Waals surface area contributed by atoms with Gasteiger partial charge in [-0.25, -0.2) is 4.79 Å². The van der Waals surface area contributed by atoms with E-state index in [9.17, 15) is 4.79 Å². The van der Waals surface area contributed by atoms with Crippen molar-refractivity contribution in [2.45, 2.75) is 0 Å². The minimum absolute atomic E-state index is 0.154. The molecule has 0 saturated carbocycles. The second-order valence-corrected chi connectivity index (χ2v) is 4.26. The predicted octanol–water partition coefficient (Wildman–Crippen LogP) is 2.51. The summed E-state index contributed by atoms with van der Waals surface area (Å²) in [5, 5.41) is 0. The molecular weight excluding hydrogens is 270 g/mol. The largest absolute Gasteiger partial charge is 0.493 e. The van der Waals surface area contributed by atoms with Gasteiger partial charge in [0.25, 0.3) is 0 Å². The Morgan fingerprint density at radius 3 is 2.33 bits per heavy atom. The van der Waals surface area contributed by atoms with Crippen LogP contribution in [0.3, 0.4) is 0 Å². The van der Waals surface area contributed by atoms with Gasteiger partial charge in [0.2, 0.25) is 0 Å². The van der Waals surface area contributed by atoms with Crippen molar-refractivity contribution in [2.75, 3.05) is 26.1 Å². The van der Waals surface area contributed by atoms with Crippen molar-refractivity contribution in [3.8, 4) is 11.5 Å². The van der Waals surface area contributed by atoms with Gasteiger partial charge in [0.1, 0.15) is 13.2 Å². The minimum Gasteiger partial charge on any atom is -0.493 e. The molecule has 2 aromatic carbocycles. The Morgan fingerprint density at radius 1 is 1.00 bits per heavy atom. The van der Waals surface area contributed by atoms with E-state index in [1.807, 2.05) is 12.1 Å². The quantitative estimate of drug-likeness (QED) is 0.502. The first-order chi connectivity index (χ1) is 10.2. The number of carbonyl (C=O) groups excluding carboxylic acids is 1. The third-order valence-corrected chi connectivity index (χ3v) is 2.79. The molecule has 0 unspecified atom stereocenters. The van der Waals surface area contributed by atoms with Crippen molar-refractivity contribution in [1.29, 1.82) is 0 Å². The molecule has 0 atom stereocenters. The number of methoxy groups -OCH3 is 1. The van der Waals surface area contributed by atoms with Crippen LogP contribution in [0, 0.1) is 0 Å². The van der Waals surface area contributed by atoms with Crippen LogP contribution in [0.25, 0.3) is 0 Å². The molecule has 0 spiro atoms. The SMILES string of the molecule is COc1ccccc1OCCOC(=O)c1ccc(N)cc1. The number of hydrogen-bond acceptors (Lipinski definition) is 5. The molecule has 2 aromatic rings. The lowest BCUT2D eigenvalue weighted by atomic mass is 10.2. The molecular formula is C16H17NO4. The number of ether oxygens (including phenoxy) is 3. The van der Waals surface area contributed by atoms with E-state index in [0.29, 0.717) is 22.7 Å². The molecule has 21 heavy (non-hydrogen) atoms. The maximum Gasteiger partial charge on any atom is 0.338 e. The highest BCUT2D eigenvalue weighted by molar-refractivity contribution is 5.89. The molecule has 0 bridgehead atoms. The van der Waals surface area contributed by atoms with Crippen molar-refractivity contribution >= 4 is 11.7 Å². The molecule has 0 aromatic heterocycles. The number of esters is 1. The third-order valence-electron chi connectivity index (χ3n) is 2.79. The first kappa shape index (κ1) is 14.7. The van der Waals surface area contributed by atoms with Crippen LogP contribution in [0.2, 0.25) is 0 Å². The molecule has 5 heteroatoms. The molecule has 0 heterocycles. The zero-order valence-electron chi connectivity index (χ0n) is 11.7. The zero-order chi connectivity index (χ0) is 15.1. The van der Waals surface area contributed by atoms with Crippen molar-refractivity contribution in [2.24, 2.45) is 0 Å². The molecule has 110 valence electrons. The molecule has 0 aliphatic carbocycles. The number of benzene rings is 2. The molecule has 0 aliphatic rings. The fourth-order valence-electron chi connectivity index (χ4n) is 1.73. The smallest absolute Gasteiger partial charge is 0.338 e. The van der Waals surface area contributed by atoms with Gasteiger partial charge in [0, 0.05) is 5.69 Å². The third kappa shape index (κ3) is 4.14. The van der Waals surface area contributed by atoms with Crippen LogP contribution in [-0.4, -0.2) is 26.3 Å². The Labute approximate surface area is 123 Å². The lowest BCUT2D eigenvalue weighted by Crippen LogP contribution is -2.12. The lowest BCUT2D eigenvalue weighted by Gasteiger charge is -2.10. The Morgan fingerprint density at radius 2 is 1.67 bits per heavy atom. The van der Waals surface area contributed by atoms with E-state index >= 15 is 0 Å². The van der Waals surface area contributed by atoms with Crippen molar-refractivity contribution in [3.63, 3.8) is 0 Å². The van der Waals surface area contributed by atoms with Gasteiger partial charge in [-0.1, -0.05) is 12.1 Å². The van der Waals surface area contributed by atoms with E-state index in [1.54, 1.807) is 43.5 Å². The lowest BCUT2D eigenvalue weighted by molar-refractivity contribution is 0.0449. The summed E-state index contributed by atoms with van der Waals surface area (Å²) in [7, 11) is 1.57. The topological polar surface area (TPSA) is 70.8 Å². The minimum atomic E-state index is -0.404. The zero-order valence-corrected chi connectivity index (χ0v) is 11.7. The number of nitrogen functional groups attached to an aromatic ring is 1. The second-order valence-electron chi connectivity index (χ2n) is 4.26. The fraction of sp³-hybridized carbons (Fsp3) is 0.188. The molecule has 0 saturated heterocycles. The van der Waals surface area contributed by atoms with Gasteiger partial charge in [-0.15, -0.1) is 0 Å². The maximum absolute atomic E-state index is 11.7. The fourth-order valence-corrected chi connectivity index (χ4v) is 1.73. The average Bonchev–Trinajstić information content (AvgIpc) is 2.52. The summed E-state index contributed by atoms with van der Waals surface area (Å²) in [4.78, 5) is 11.7. The van der Waals surface area contributed by atoms with Crippen LogP contribution >= 0.6 is 0 Å². The van der Waals surface area contributed by atoms with Crippen LogP contribution in [0.15, 0.2) is 48.5 Å². The van der Waals surface area contributed by atoms with E-state index in [0.717, 1.165) is 0 Å². The maximum atomic E-state index is 11.7. The number of rotatable bonds is 6. The van der Waals surface area contributed by atoms with Crippen LogP contribution in [0.4, 0.5) is 5.69 Å². The van der Waals surface area contributed by atoms with E-state index in [-0.39, 0.29) is 13.2 Å². The molecule has 0 fully saturated rings. The van der Waals surface area contributed by atoms with Gasteiger partial charge in [0.15, 0.2) is 11.5 Å². The Bertz CT molecular complexity index is 595. The predicted molar refractivity (Wildman–Crippen MR) is 79.6 cm³/mol. The Balaban J connectivity index is 1.79. The summed E-state index contributed by atoms with van der Waals surface area (Å²) in [6.07, 6.45) is 0. The first-order valence-electron chi connectivity index (χ1n) is 6.49. The van der Waals surface area contributed by atoms with Crippen LogP contribution in [0.5, 0.6) is 11.5 Å². The molecule has 0 amide bonds. The summed E-state index contributed by atoms with van der Waals surface area (Å²) in [6, 6.07) is 13.8. The number of hydrogen-bond donors (Lipinski definition) is 1. The first-order valence-corrected chi connectivity index (χ1v) is 6.49. The van der Waals surface area contributed by atoms with Crippen LogP contribution < -0.4 is 15.2 Å². The molecule has 0 radical (unpaired) electrons. The van der Waals surface area contributed by atoms with Crippen molar-refractivity contribution in [3.05, 3.63) is 54.1 Å². The highest BCUT2D eigenvalue weighted by atomic mass is 16.6. The molecule has 2 rings (SSSR count). The summed E-state index contributed by atoms with van der Waals surface area (Å²) in [5.41, 5.74) is 6.62. The van der Waals surface area contributed by atoms with Gasteiger partial charge >= 0.3 is 5.97 Å². The van der Waals surface area contributed by atoms with E-state index < -0.39 is 5.97 Å². The van der Waals surface area contributed by atoms with E-state index in [4.69, 9.17) is 19.9 Å². The van der Waals surface area contributed by atoms with Crippen molar-refractivity contribution in [1.82, 2.24) is 0 Å². The molecule has 2 N–H and O–H groups in total. The second kappa shape index (κ2) is 7.19. The van der Waals surface area contributed by atoms with Crippen LogP contribution in [0.1, 0.15) is 10.4 Å². The highest BCUT2D eigenvalue weighted by Crippen LogP contribution is 2.25. The van der Waals surface area contributed by atoms with Crippen LogP contribution in [-0.2, 0) is 4.74 Å². The Kier molecular flexibility index (Phi) is 5.04. The molecule has 5 nitrogen and oxygen atoms in total. The van der Waals surface area contributed by atoms with Gasteiger partial charge in [-0.05, 0) is 36.4 Å². The van der Waals surface area contributed by atoms with Gasteiger partial charge in [0.05, 0.1) is 12.7 Å². The van der Waals surface area contributed by atoms with E-state index in [1.165, 1.54) is 0 Å². The standard InChI is InChI=1S/C16H17NO4/c1-19-14-4-2-3-5-15(14)20-10-11-21-16(18)12-6-8-13(17)9-7-12/h2-9H,10-11,17H2,1H3. The monoisotopic (exact) mass is 287 g/mol. The van der Waals surface area contributed by atoms with Crippen molar-refractivity contribution < 1.29 is 19.0 Å². The number of anilines is 1. The van der Waals surface area contributed by atoms with Gasteiger partial charge < -0.3 is 19.9 Å². The van der Waals surface area contributed by atoms with E-state index in [2.05, 4.69) is 0 Å². The number of nitrogens with two attached hydrogens (primary N) is 1. The number of para-hydroxylation sites is 2. The molecule has 0 aliphatic heterocycles. The average molecular weight is 287 g/mol. The summed E-state index contributed by atoms with van der Waals surface area (Å²) in [5.74, 6) is 0.851. The normalized spacial score (nSPS) is 9.95. The van der Waals surface area contributed by atoms with Gasteiger partial charge in [-0.2, -0.15) is 0 Å². The number of carbonyl (C=O) groups is 1. The summed E-state index contributed by atoms with van der Waals surface area (Å²) in [6.45, 7) is 0.405. The Hall–Kier alpha value is -2.69. The highest BCUT2D eigenvalue weighted by Gasteiger charge is 2.07.